The first-order valence-corrected chi connectivity index (χ1v) is 2.59. The zero-order chi connectivity index (χ0) is 8.15. The van der Waals surface area contributed by atoms with Crippen LogP contribution >= 0.6 is 0 Å². The van der Waals surface area contributed by atoms with Crippen LogP contribution in [0, 0.1) is 0 Å². The van der Waals surface area contributed by atoms with Gasteiger partial charge in [-0.3, -0.25) is 0 Å². The van der Waals surface area contributed by atoms with E-state index >= 15 is 0 Å². The lowest BCUT2D eigenvalue weighted by molar-refractivity contribution is -0.138. The van der Waals surface area contributed by atoms with E-state index in [4.69, 9.17) is 22.3 Å². The van der Waals surface area contributed by atoms with Crippen molar-refractivity contribution in [3.8, 4) is 0 Å². The van der Waals surface area contributed by atoms with E-state index in [2.05, 4.69) is 4.99 Å². The summed E-state index contributed by atoms with van der Waals surface area (Å²) < 4.78 is 0. The molecular weight excluding hydrogens is 136 g/mol. The normalized spacial score (nSPS) is 12.1. The van der Waals surface area contributed by atoms with Crippen molar-refractivity contribution in [2.45, 2.75) is 6.04 Å². The molecule has 0 aromatic carbocycles. The molecule has 1 unspecified atom stereocenters. The Morgan fingerprint density at radius 3 is 2.20 bits per heavy atom. The lowest BCUT2D eigenvalue weighted by Gasteiger charge is -2.02. The lowest BCUT2D eigenvalue weighted by Crippen LogP contribution is -2.33. The molecule has 0 aliphatic heterocycles. The van der Waals surface area contributed by atoms with Gasteiger partial charge >= 0.3 is 5.97 Å². The summed E-state index contributed by atoms with van der Waals surface area (Å²) in [4.78, 5) is 13.5. The molecule has 0 rings (SSSR count). The molecule has 7 N–H and O–H groups in total. The van der Waals surface area contributed by atoms with Crippen molar-refractivity contribution in [1.82, 2.24) is 0 Å². The SMILES string of the molecule is NCC(N=C(N)N)C(=O)O. The van der Waals surface area contributed by atoms with Crippen LogP contribution in [0.2, 0.25) is 0 Å². The van der Waals surface area contributed by atoms with Crippen molar-refractivity contribution in [2.24, 2.45) is 22.2 Å². The lowest BCUT2D eigenvalue weighted by atomic mass is 10.3. The number of rotatable bonds is 3. The largest absolute Gasteiger partial charge is 0.480 e. The summed E-state index contributed by atoms with van der Waals surface area (Å²) in [5, 5.41) is 8.32. The van der Waals surface area contributed by atoms with Crippen molar-refractivity contribution < 1.29 is 9.90 Å². The van der Waals surface area contributed by atoms with Gasteiger partial charge in [0.15, 0.2) is 12.0 Å². The van der Waals surface area contributed by atoms with Crippen molar-refractivity contribution in [3.63, 3.8) is 0 Å². The van der Waals surface area contributed by atoms with Crippen LogP contribution in [-0.4, -0.2) is 29.6 Å². The van der Waals surface area contributed by atoms with Crippen LogP contribution in [0.5, 0.6) is 0 Å². The second-order valence-corrected chi connectivity index (χ2v) is 1.64. The van der Waals surface area contributed by atoms with E-state index in [0.29, 0.717) is 0 Å². The van der Waals surface area contributed by atoms with Crippen LogP contribution in [0.15, 0.2) is 4.99 Å². The molecule has 6 nitrogen and oxygen atoms in total. The summed E-state index contributed by atoms with van der Waals surface area (Å²) in [7, 11) is 0. The average Bonchev–Trinajstić information content (AvgIpc) is 1.81. The highest BCUT2D eigenvalue weighted by Gasteiger charge is 2.12. The maximum Gasteiger partial charge on any atom is 0.329 e. The molecule has 6 heteroatoms. The smallest absolute Gasteiger partial charge is 0.329 e. The highest BCUT2D eigenvalue weighted by molar-refractivity contribution is 5.81. The van der Waals surface area contributed by atoms with Crippen molar-refractivity contribution >= 4 is 11.9 Å². The molecule has 0 bridgehead atoms. The predicted octanol–water partition coefficient (Wildman–Crippen LogP) is -2.33. The number of carbonyl (C=O) groups is 1. The zero-order valence-corrected chi connectivity index (χ0v) is 5.32. The fourth-order valence-electron chi connectivity index (χ4n) is 0.389. The van der Waals surface area contributed by atoms with Gasteiger partial charge in [0.2, 0.25) is 0 Å². The minimum Gasteiger partial charge on any atom is -0.480 e. The Kier molecular flexibility index (Phi) is 3.20. The molecule has 0 radical (unpaired) electrons. The fraction of sp³-hybridized carbons (Fsp3) is 0.500. The van der Waals surface area contributed by atoms with E-state index in [1.807, 2.05) is 0 Å². The van der Waals surface area contributed by atoms with E-state index < -0.39 is 12.0 Å². The molecule has 0 saturated carbocycles. The number of aliphatic imine (C=N–C) groups is 1. The van der Waals surface area contributed by atoms with Gasteiger partial charge < -0.3 is 22.3 Å². The topological polar surface area (TPSA) is 128 Å². The number of carboxylic acids is 1. The monoisotopic (exact) mass is 146 g/mol. The highest BCUT2D eigenvalue weighted by Crippen LogP contribution is 1.85. The van der Waals surface area contributed by atoms with E-state index in [9.17, 15) is 4.79 Å². The third-order valence-electron chi connectivity index (χ3n) is 0.813. The van der Waals surface area contributed by atoms with E-state index in [1.165, 1.54) is 0 Å². The third kappa shape index (κ3) is 2.88. The van der Waals surface area contributed by atoms with Crippen LogP contribution in [0.3, 0.4) is 0 Å². The molecule has 0 heterocycles. The maximum atomic E-state index is 10.2. The number of nitrogens with two attached hydrogens (primary N) is 3. The molecule has 0 fully saturated rings. The molecule has 1 atom stereocenters. The van der Waals surface area contributed by atoms with Gasteiger partial charge in [0, 0.05) is 6.54 Å². The maximum absolute atomic E-state index is 10.2. The van der Waals surface area contributed by atoms with E-state index in [-0.39, 0.29) is 12.5 Å². The summed E-state index contributed by atoms with van der Waals surface area (Å²) in [6.07, 6.45) is 0. The fourth-order valence-corrected chi connectivity index (χ4v) is 0.389. The molecule has 0 spiro atoms. The van der Waals surface area contributed by atoms with Crippen LogP contribution in [0.4, 0.5) is 0 Å². The van der Waals surface area contributed by atoms with E-state index in [1.54, 1.807) is 0 Å². The van der Waals surface area contributed by atoms with E-state index in [0.717, 1.165) is 0 Å². The summed E-state index contributed by atoms with van der Waals surface area (Å²) in [5.74, 6) is -1.39. The Hall–Kier alpha value is -1.30. The molecule has 0 aliphatic rings. The number of nitrogens with zero attached hydrogens (tertiary/aromatic N) is 1. The second kappa shape index (κ2) is 3.67. The summed E-state index contributed by atoms with van der Waals surface area (Å²) in [5.41, 5.74) is 14.9. The van der Waals surface area contributed by atoms with Crippen LogP contribution in [0.1, 0.15) is 0 Å². The summed E-state index contributed by atoms with van der Waals surface area (Å²) >= 11 is 0. The second-order valence-electron chi connectivity index (χ2n) is 1.64. The Morgan fingerprint density at radius 2 is 2.10 bits per heavy atom. The van der Waals surface area contributed by atoms with Gasteiger partial charge in [0.1, 0.15) is 0 Å². The number of guanidine groups is 1. The Bertz CT molecular complexity index is 151. The summed E-state index contributed by atoms with van der Waals surface area (Å²) in [6, 6.07) is -1.02. The zero-order valence-electron chi connectivity index (χ0n) is 5.32. The molecule has 0 saturated heterocycles. The van der Waals surface area contributed by atoms with Gasteiger partial charge in [-0.2, -0.15) is 0 Å². The molecule has 58 valence electrons. The Morgan fingerprint density at radius 1 is 1.60 bits per heavy atom. The number of aliphatic carboxylic acids is 1. The molecule has 10 heavy (non-hydrogen) atoms. The molecule has 0 amide bonds. The van der Waals surface area contributed by atoms with Crippen molar-refractivity contribution in [2.75, 3.05) is 6.54 Å². The van der Waals surface area contributed by atoms with Gasteiger partial charge in [-0.15, -0.1) is 0 Å². The minimum absolute atomic E-state index is 0.104. The van der Waals surface area contributed by atoms with Crippen LogP contribution in [0.25, 0.3) is 0 Å². The molecular formula is C4H10N4O2. The van der Waals surface area contributed by atoms with Crippen molar-refractivity contribution in [3.05, 3.63) is 0 Å². The van der Waals surface area contributed by atoms with Crippen molar-refractivity contribution in [1.29, 1.82) is 0 Å². The van der Waals surface area contributed by atoms with Gasteiger partial charge in [0.25, 0.3) is 0 Å². The highest BCUT2D eigenvalue weighted by atomic mass is 16.4. The van der Waals surface area contributed by atoms with Gasteiger partial charge in [-0.05, 0) is 0 Å². The third-order valence-corrected chi connectivity index (χ3v) is 0.813. The first-order valence-electron chi connectivity index (χ1n) is 2.59. The summed E-state index contributed by atoms with van der Waals surface area (Å²) in [6.45, 7) is -0.104. The first kappa shape index (κ1) is 8.70. The Balaban J connectivity index is 4.09. The van der Waals surface area contributed by atoms with Gasteiger partial charge in [-0.25, -0.2) is 9.79 Å². The predicted molar refractivity (Wildman–Crippen MR) is 36.3 cm³/mol. The standard InChI is InChI=1S/C4H10N4O2/c5-1-2(3(9)10)8-4(6)7/h2H,1,5H2,(H,9,10)(H4,6,7,8). The van der Waals surface area contributed by atoms with Crippen LogP contribution in [-0.2, 0) is 4.79 Å². The minimum atomic E-state index is -1.13. The number of hydrogen-bond donors (Lipinski definition) is 4. The average molecular weight is 146 g/mol. The van der Waals surface area contributed by atoms with Gasteiger partial charge in [-0.1, -0.05) is 0 Å². The quantitative estimate of drug-likeness (QED) is 0.262. The molecule has 0 aliphatic carbocycles. The first-order chi connectivity index (χ1) is 4.57. The number of carboxylic acid groups (broad SMARTS) is 1. The molecule has 0 aromatic heterocycles. The van der Waals surface area contributed by atoms with Gasteiger partial charge in [0.05, 0.1) is 0 Å². The Labute approximate surface area is 57.7 Å². The van der Waals surface area contributed by atoms with Crippen LogP contribution < -0.4 is 17.2 Å². The molecule has 0 aromatic rings. The number of hydrogen-bond acceptors (Lipinski definition) is 3.